The predicted molar refractivity (Wildman–Crippen MR) is 131 cm³/mol. The van der Waals surface area contributed by atoms with Gasteiger partial charge in [-0.15, -0.1) is 0 Å². The van der Waals surface area contributed by atoms with Crippen LogP contribution in [0.1, 0.15) is 115 Å². The van der Waals surface area contributed by atoms with Crippen LogP contribution in [0, 0.1) is 6.92 Å². The molecule has 1 rings (SSSR count). The average Bonchev–Trinajstić information content (AvgIpc) is 2.69. The van der Waals surface area contributed by atoms with Crippen molar-refractivity contribution in [1.29, 1.82) is 0 Å². The minimum atomic E-state index is 0. The van der Waals surface area contributed by atoms with Gasteiger partial charge in [0, 0.05) is 0 Å². The average molecular weight is 406 g/mol. The van der Waals surface area contributed by atoms with Gasteiger partial charge in [0.05, 0.1) is 0 Å². The summed E-state index contributed by atoms with van der Waals surface area (Å²) in [6.45, 7) is 10.7. The van der Waals surface area contributed by atoms with Gasteiger partial charge in [0.15, 0.2) is 0 Å². The second-order valence-corrected chi connectivity index (χ2v) is 8.76. The quantitative estimate of drug-likeness (QED) is 0.219. The third-order valence-corrected chi connectivity index (χ3v) is 6.01. The molecule has 0 unspecified atom stereocenters. The summed E-state index contributed by atoms with van der Waals surface area (Å²) >= 11 is 0. The van der Waals surface area contributed by atoms with E-state index in [0.29, 0.717) is 0 Å². The zero-order chi connectivity index (χ0) is 20.3. The molecule has 0 atom stereocenters. The van der Waals surface area contributed by atoms with E-state index in [2.05, 4.69) is 49.9 Å². The molecule has 0 saturated heterocycles. The van der Waals surface area contributed by atoms with E-state index in [4.69, 9.17) is 0 Å². The summed E-state index contributed by atoms with van der Waals surface area (Å²) in [6.07, 6.45) is 21.1. The molecule has 0 fully saturated rings. The fourth-order valence-corrected chi connectivity index (χ4v) is 4.28. The van der Waals surface area contributed by atoms with Crippen LogP contribution in [0.4, 0.5) is 0 Å². The number of benzene rings is 1. The molecule has 0 saturated carbocycles. The summed E-state index contributed by atoms with van der Waals surface area (Å²) < 4.78 is 0. The zero-order valence-corrected chi connectivity index (χ0v) is 20.0. The van der Waals surface area contributed by atoms with E-state index in [1.807, 2.05) is 0 Å². The molecule has 1 aromatic carbocycles. The van der Waals surface area contributed by atoms with E-state index in [0.717, 1.165) is 0 Å². The highest BCUT2D eigenvalue weighted by molar-refractivity contribution is 5.25. The maximum absolute atomic E-state index is 2.65. The van der Waals surface area contributed by atoms with Gasteiger partial charge in [-0.05, 0) is 69.8 Å². The molecule has 0 amide bonds. The lowest BCUT2D eigenvalue weighted by Gasteiger charge is -2.20. The minimum absolute atomic E-state index is 0. The van der Waals surface area contributed by atoms with Crippen LogP contribution in [0.25, 0.3) is 0 Å². The highest BCUT2D eigenvalue weighted by Gasteiger charge is 2.02. The van der Waals surface area contributed by atoms with E-state index >= 15 is 0 Å². The van der Waals surface area contributed by atoms with E-state index in [1.165, 1.54) is 122 Å². The molecular weight excluding hydrogens is 354 g/mol. The Labute approximate surface area is 182 Å². The van der Waals surface area contributed by atoms with Crippen molar-refractivity contribution in [3.05, 3.63) is 35.4 Å². The van der Waals surface area contributed by atoms with Gasteiger partial charge in [-0.2, -0.15) is 0 Å². The lowest BCUT2D eigenvalue weighted by molar-refractivity contribution is 0.267. The van der Waals surface area contributed by atoms with Crippen LogP contribution in [-0.4, -0.2) is 30.0 Å². The van der Waals surface area contributed by atoms with E-state index < -0.39 is 0 Å². The molecule has 0 bridgehead atoms. The summed E-state index contributed by atoms with van der Waals surface area (Å²) in [5, 5.41) is 0. The highest BCUT2D eigenvalue weighted by atomic mass is 16.0. The Morgan fingerprint density at radius 3 is 1.52 bits per heavy atom. The van der Waals surface area contributed by atoms with Crippen molar-refractivity contribution in [2.75, 3.05) is 19.6 Å². The third kappa shape index (κ3) is 15.6. The Kier molecular flexibility index (Phi) is 19.8. The van der Waals surface area contributed by atoms with Crippen molar-refractivity contribution in [1.82, 2.24) is 4.90 Å². The molecule has 1 aromatic rings. The molecule has 0 radical (unpaired) electrons. The molecule has 0 heterocycles. The highest BCUT2D eigenvalue weighted by Crippen LogP contribution is 2.15. The molecule has 170 valence electrons. The monoisotopic (exact) mass is 405 g/mol. The number of hydrogen-bond donors (Lipinski definition) is 0. The lowest BCUT2D eigenvalue weighted by Crippen LogP contribution is -2.26. The van der Waals surface area contributed by atoms with E-state index in [9.17, 15) is 0 Å². The molecular formula is C27H51NO. The van der Waals surface area contributed by atoms with Gasteiger partial charge in [-0.3, -0.25) is 0 Å². The number of hydrogen-bond acceptors (Lipinski definition) is 1. The largest absolute Gasteiger partial charge is 0.412 e. The molecule has 0 aliphatic carbocycles. The van der Waals surface area contributed by atoms with Crippen LogP contribution in [0.2, 0.25) is 0 Å². The maximum Gasteiger partial charge on any atom is -0.00187 e. The van der Waals surface area contributed by atoms with Crippen LogP contribution in [-0.2, 0) is 6.42 Å². The standard InChI is InChI=1S/C27H49N.H2O/c1-4-23-28(24-5-2)25-19-15-13-11-9-7-6-8-10-12-14-16-21-27-22-18-17-20-26(27)3;/h17-18,20,22H,4-16,19,21,23-25H2,1-3H3;1H2. The van der Waals surface area contributed by atoms with Crippen LogP contribution < -0.4 is 0 Å². The Hall–Kier alpha value is -0.860. The van der Waals surface area contributed by atoms with Crippen molar-refractivity contribution < 1.29 is 5.48 Å². The normalized spacial score (nSPS) is 11.0. The van der Waals surface area contributed by atoms with E-state index in [-0.39, 0.29) is 5.48 Å². The molecule has 2 heteroatoms. The van der Waals surface area contributed by atoms with Gasteiger partial charge in [-0.1, -0.05) is 102 Å². The van der Waals surface area contributed by atoms with Crippen molar-refractivity contribution in [2.24, 2.45) is 0 Å². The molecule has 0 aromatic heterocycles. The third-order valence-electron chi connectivity index (χ3n) is 6.01. The number of nitrogens with zero attached hydrogens (tertiary/aromatic N) is 1. The fourth-order valence-electron chi connectivity index (χ4n) is 4.28. The van der Waals surface area contributed by atoms with Crippen LogP contribution >= 0.6 is 0 Å². The molecule has 29 heavy (non-hydrogen) atoms. The number of aryl methyl sites for hydroxylation is 2. The summed E-state index contributed by atoms with van der Waals surface area (Å²) in [4.78, 5) is 2.65. The van der Waals surface area contributed by atoms with Crippen molar-refractivity contribution in [3.63, 3.8) is 0 Å². The Balaban J connectivity index is 0.00000784. The first kappa shape index (κ1) is 28.1. The van der Waals surface area contributed by atoms with Crippen molar-refractivity contribution >= 4 is 0 Å². The summed E-state index contributed by atoms with van der Waals surface area (Å²) in [5.74, 6) is 0. The minimum Gasteiger partial charge on any atom is -0.412 e. The summed E-state index contributed by atoms with van der Waals surface area (Å²) in [7, 11) is 0. The van der Waals surface area contributed by atoms with Crippen LogP contribution in [0.5, 0.6) is 0 Å². The second kappa shape index (κ2) is 20.4. The van der Waals surface area contributed by atoms with Gasteiger partial charge in [-0.25, -0.2) is 0 Å². The molecule has 2 N–H and O–H groups in total. The Bertz CT molecular complexity index is 454. The Morgan fingerprint density at radius 1 is 0.586 bits per heavy atom. The zero-order valence-electron chi connectivity index (χ0n) is 20.0. The lowest BCUT2D eigenvalue weighted by atomic mass is 10.0. The SMILES string of the molecule is CCCN(CCC)CCCCCCCCCCCCCCc1ccccc1C.O. The molecule has 0 spiro atoms. The van der Waals surface area contributed by atoms with Gasteiger partial charge >= 0.3 is 0 Å². The van der Waals surface area contributed by atoms with Gasteiger partial charge in [0.25, 0.3) is 0 Å². The van der Waals surface area contributed by atoms with Crippen molar-refractivity contribution in [2.45, 2.75) is 117 Å². The van der Waals surface area contributed by atoms with Gasteiger partial charge in [0.1, 0.15) is 0 Å². The first-order chi connectivity index (χ1) is 13.8. The summed E-state index contributed by atoms with van der Waals surface area (Å²) in [5.41, 5.74) is 3.01. The molecule has 0 aliphatic rings. The maximum atomic E-state index is 2.65. The molecule has 2 nitrogen and oxygen atoms in total. The second-order valence-electron chi connectivity index (χ2n) is 8.76. The van der Waals surface area contributed by atoms with Crippen LogP contribution in [0.15, 0.2) is 24.3 Å². The predicted octanol–water partition coefficient (Wildman–Crippen LogP) is 7.52. The van der Waals surface area contributed by atoms with Crippen LogP contribution in [0.3, 0.4) is 0 Å². The van der Waals surface area contributed by atoms with Gasteiger partial charge < -0.3 is 10.4 Å². The molecule has 0 aliphatic heterocycles. The first-order valence-corrected chi connectivity index (χ1v) is 12.5. The topological polar surface area (TPSA) is 34.7 Å². The Morgan fingerprint density at radius 2 is 1.03 bits per heavy atom. The smallest absolute Gasteiger partial charge is 0.00187 e. The van der Waals surface area contributed by atoms with Gasteiger partial charge in [0.2, 0.25) is 0 Å². The number of rotatable bonds is 19. The number of unbranched alkanes of at least 4 members (excludes halogenated alkanes) is 11. The van der Waals surface area contributed by atoms with Crippen molar-refractivity contribution in [3.8, 4) is 0 Å². The first-order valence-electron chi connectivity index (χ1n) is 12.5. The summed E-state index contributed by atoms with van der Waals surface area (Å²) in [6, 6.07) is 8.86. The van der Waals surface area contributed by atoms with E-state index in [1.54, 1.807) is 5.56 Å². The fraction of sp³-hybridized carbons (Fsp3) is 0.778.